The minimum Gasteiger partial charge on any atom is -0.369 e. The van der Waals surface area contributed by atoms with Crippen LogP contribution in [0.2, 0.25) is 0 Å². The molecule has 2 amide bonds. The van der Waals surface area contributed by atoms with Crippen molar-refractivity contribution in [3.63, 3.8) is 0 Å². The number of nitrogens with two attached hydrogens (primary N) is 1. The fourth-order valence-corrected chi connectivity index (χ4v) is 3.71. The van der Waals surface area contributed by atoms with Gasteiger partial charge in [-0.05, 0) is 56.0 Å². The number of hydrogen-bond donors (Lipinski definition) is 2. The molecule has 2 unspecified atom stereocenters. The van der Waals surface area contributed by atoms with Crippen LogP contribution in [0.3, 0.4) is 0 Å². The molecule has 0 aliphatic carbocycles. The lowest BCUT2D eigenvalue weighted by Crippen LogP contribution is -2.46. The largest absolute Gasteiger partial charge is 0.369 e. The van der Waals surface area contributed by atoms with Gasteiger partial charge in [0.1, 0.15) is 6.04 Å². The van der Waals surface area contributed by atoms with E-state index in [2.05, 4.69) is 10.2 Å². The molecule has 3 N–H and O–H groups in total. The van der Waals surface area contributed by atoms with E-state index in [1.165, 1.54) is 0 Å². The Labute approximate surface area is 160 Å². The molecular weight excluding hydrogens is 338 g/mol. The highest BCUT2D eigenvalue weighted by Gasteiger charge is 2.33. The first-order chi connectivity index (χ1) is 13.0. The predicted molar refractivity (Wildman–Crippen MR) is 107 cm³/mol. The van der Waals surface area contributed by atoms with Gasteiger partial charge >= 0.3 is 0 Å². The van der Waals surface area contributed by atoms with Gasteiger partial charge in [-0.3, -0.25) is 14.5 Å². The highest BCUT2D eigenvalue weighted by molar-refractivity contribution is 5.96. The molecule has 0 saturated carbocycles. The number of benzene rings is 2. The average molecular weight is 365 g/mol. The summed E-state index contributed by atoms with van der Waals surface area (Å²) in [4.78, 5) is 27.1. The van der Waals surface area contributed by atoms with E-state index in [1.54, 1.807) is 0 Å². The Bertz CT molecular complexity index is 820. The van der Waals surface area contributed by atoms with Crippen molar-refractivity contribution in [1.82, 2.24) is 4.90 Å². The zero-order chi connectivity index (χ0) is 19.4. The number of likely N-dealkylation sites (tertiary alicyclic amines) is 1. The van der Waals surface area contributed by atoms with E-state index < -0.39 is 6.04 Å². The molecule has 2 atom stereocenters. The molecule has 5 heteroatoms. The molecular formula is C22H27N3O2. The number of rotatable bonds is 5. The van der Waals surface area contributed by atoms with Crippen LogP contribution in [-0.4, -0.2) is 29.8 Å². The van der Waals surface area contributed by atoms with Crippen molar-refractivity contribution in [2.45, 2.75) is 32.7 Å². The van der Waals surface area contributed by atoms with Gasteiger partial charge in [0.2, 0.25) is 11.8 Å². The van der Waals surface area contributed by atoms with Crippen molar-refractivity contribution in [3.8, 4) is 0 Å². The third-order valence-corrected chi connectivity index (χ3v) is 5.23. The summed E-state index contributed by atoms with van der Waals surface area (Å²) in [5.74, 6) is -0.583. The summed E-state index contributed by atoms with van der Waals surface area (Å²) in [5.41, 5.74) is 9.40. The van der Waals surface area contributed by atoms with E-state index in [0.29, 0.717) is 6.54 Å². The van der Waals surface area contributed by atoms with Gasteiger partial charge < -0.3 is 11.1 Å². The number of anilines is 1. The monoisotopic (exact) mass is 365 g/mol. The normalized spacial score (nSPS) is 18.7. The van der Waals surface area contributed by atoms with E-state index in [9.17, 15) is 9.59 Å². The van der Waals surface area contributed by atoms with Crippen molar-refractivity contribution in [2.75, 3.05) is 18.4 Å². The molecule has 2 aromatic carbocycles. The molecule has 0 bridgehead atoms. The maximum atomic E-state index is 13.3. The van der Waals surface area contributed by atoms with Gasteiger partial charge in [0, 0.05) is 12.2 Å². The second-order valence-electron chi connectivity index (χ2n) is 7.36. The van der Waals surface area contributed by atoms with Crippen LogP contribution in [0.5, 0.6) is 0 Å². The lowest BCUT2D eigenvalue weighted by molar-refractivity contribution is -0.127. The van der Waals surface area contributed by atoms with E-state index >= 15 is 0 Å². The van der Waals surface area contributed by atoms with Gasteiger partial charge in [0.15, 0.2) is 0 Å². The zero-order valence-corrected chi connectivity index (χ0v) is 15.9. The van der Waals surface area contributed by atoms with Crippen LogP contribution in [0.1, 0.15) is 35.6 Å². The topological polar surface area (TPSA) is 75.4 Å². The van der Waals surface area contributed by atoms with Crippen LogP contribution in [0.4, 0.5) is 5.69 Å². The van der Waals surface area contributed by atoms with Gasteiger partial charge in [-0.1, -0.05) is 42.5 Å². The minimum atomic E-state index is -0.451. The molecule has 1 aliphatic heterocycles. The smallest absolute Gasteiger partial charge is 0.246 e. The first-order valence-electron chi connectivity index (χ1n) is 9.42. The summed E-state index contributed by atoms with van der Waals surface area (Å²) in [6.45, 7) is 5.27. The predicted octanol–water partition coefficient (Wildman–Crippen LogP) is 3.18. The van der Waals surface area contributed by atoms with Crippen molar-refractivity contribution in [3.05, 3.63) is 65.2 Å². The quantitative estimate of drug-likeness (QED) is 0.854. The Kier molecular flexibility index (Phi) is 5.91. The Morgan fingerprint density at radius 1 is 1.15 bits per heavy atom. The van der Waals surface area contributed by atoms with Gasteiger partial charge in [0.25, 0.3) is 0 Å². The molecule has 0 radical (unpaired) electrons. The van der Waals surface area contributed by atoms with Crippen LogP contribution in [0.25, 0.3) is 0 Å². The van der Waals surface area contributed by atoms with E-state index in [4.69, 9.17) is 5.73 Å². The number of carbonyl (C=O) groups is 2. The van der Waals surface area contributed by atoms with Crippen LogP contribution in [0, 0.1) is 19.8 Å². The number of nitrogens with zero attached hydrogens (tertiary/aromatic N) is 1. The molecule has 142 valence electrons. The van der Waals surface area contributed by atoms with Crippen LogP contribution in [-0.2, 0) is 9.59 Å². The highest BCUT2D eigenvalue weighted by Crippen LogP contribution is 2.29. The van der Waals surface area contributed by atoms with Crippen molar-refractivity contribution in [2.24, 2.45) is 11.7 Å². The number of aryl methyl sites for hydroxylation is 2. The van der Waals surface area contributed by atoms with E-state index in [1.807, 2.05) is 62.4 Å². The lowest BCUT2D eigenvalue weighted by Gasteiger charge is -2.36. The average Bonchev–Trinajstić information content (AvgIpc) is 2.66. The van der Waals surface area contributed by atoms with Gasteiger partial charge in [-0.15, -0.1) is 0 Å². The van der Waals surface area contributed by atoms with Crippen LogP contribution < -0.4 is 11.1 Å². The van der Waals surface area contributed by atoms with E-state index in [-0.39, 0.29) is 17.7 Å². The summed E-state index contributed by atoms with van der Waals surface area (Å²) in [7, 11) is 0. The summed E-state index contributed by atoms with van der Waals surface area (Å²) < 4.78 is 0. The number of primary amides is 1. The SMILES string of the molecule is Cc1ccc(C)c(NC(=O)C(c2ccccc2)N2CCCC(C(N)=O)C2)c1. The fraction of sp³-hybridized carbons (Fsp3) is 0.364. The van der Waals surface area contributed by atoms with Gasteiger partial charge in [-0.25, -0.2) is 0 Å². The Morgan fingerprint density at radius 3 is 2.59 bits per heavy atom. The molecule has 0 aromatic heterocycles. The van der Waals surface area contributed by atoms with Crippen molar-refractivity contribution < 1.29 is 9.59 Å². The molecule has 3 rings (SSSR count). The molecule has 5 nitrogen and oxygen atoms in total. The molecule has 1 fully saturated rings. The second kappa shape index (κ2) is 8.35. The third-order valence-electron chi connectivity index (χ3n) is 5.23. The van der Waals surface area contributed by atoms with Gasteiger partial charge in [-0.2, -0.15) is 0 Å². The third kappa shape index (κ3) is 4.55. The molecule has 1 heterocycles. The summed E-state index contributed by atoms with van der Waals surface area (Å²) >= 11 is 0. The zero-order valence-electron chi connectivity index (χ0n) is 15.9. The van der Waals surface area contributed by atoms with Gasteiger partial charge in [0.05, 0.1) is 5.92 Å². The lowest BCUT2D eigenvalue weighted by atomic mass is 9.94. The fourth-order valence-electron chi connectivity index (χ4n) is 3.71. The number of carbonyl (C=O) groups excluding carboxylic acids is 2. The number of piperidine rings is 1. The Balaban J connectivity index is 1.89. The first-order valence-corrected chi connectivity index (χ1v) is 9.42. The molecule has 0 spiro atoms. The van der Waals surface area contributed by atoms with Crippen LogP contribution in [0.15, 0.2) is 48.5 Å². The highest BCUT2D eigenvalue weighted by atomic mass is 16.2. The standard InChI is InChI=1S/C22H27N3O2/c1-15-10-11-16(2)19(13-15)24-22(27)20(17-7-4-3-5-8-17)25-12-6-9-18(14-25)21(23)26/h3-5,7-8,10-11,13,18,20H,6,9,12,14H2,1-2H3,(H2,23,26)(H,24,27). The van der Waals surface area contributed by atoms with E-state index in [0.717, 1.165) is 41.8 Å². The second-order valence-corrected chi connectivity index (χ2v) is 7.36. The van der Waals surface area contributed by atoms with Crippen LogP contribution >= 0.6 is 0 Å². The minimum absolute atomic E-state index is 0.0833. The maximum absolute atomic E-state index is 13.3. The summed E-state index contributed by atoms with van der Waals surface area (Å²) in [6.07, 6.45) is 1.64. The summed E-state index contributed by atoms with van der Waals surface area (Å²) in [6, 6.07) is 15.3. The Morgan fingerprint density at radius 2 is 1.89 bits per heavy atom. The van der Waals surface area contributed by atoms with Crippen molar-refractivity contribution in [1.29, 1.82) is 0 Å². The number of amides is 2. The van der Waals surface area contributed by atoms with Crippen molar-refractivity contribution >= 4 is 17.5 Å². The molecule has 1 aliphatic rings. The Hall–Kier alpha value is -2.66. The summed E-state index contributed by atoms with van der Waals surface area (Å²) in [5, 5.41) is 3.09. The first kappa shape index (κ1) is 19.1. The molecule has 27 heavy (non-hydrogen) atoms. The molecule has 1 saturated heterocycles. The molecule has 2 aromatic rings. The maximum Gasteiger partial charge on any atom is 0.246 e. The number of hydrogen-bond acceptors (Lipinski definition) is 3. The number of nitrogens with one attached hydrogen (secondary N) is 1.